The van der Waals surface area contributed by atoms with Crippen molar-refractivity contribution in [2.75, 3.05) is 12.0 Å². The molecule has 1 N–H and O–H groups in total. The molecule has 72 valence electrons. The van der Waals surface area contributed by atoms with Gasteiger partial charge in [-0.15, -0.1) is 0 Å². The fraction of sp³-hybridized carbons (Fsp3) is 1.00. The minimum absolute atomic E-state index is 0.0434. The lowest BCUT2D eigenvalue weighted by atomic mass is 9.95. The van der Waals surface area contributed by atoms with Crippen LogP contribution >= 0.6 is 11.8 Å². The molecule has 0 spiro atoms. The van der Waals surface area contributed by atoms with E-state index in [1.165, 1.54) is 38.5 Å². The third-order valence-electron chi connectivity index (χ3n) is 2.78. The van der Waals surface area contributed by atoms with E-state index in [1.807, 2.05) is 0 Å². The summed E-state index contributed by atoms with van der Waals surface area (Å²) in [5.41, 5.74) is 0. The van der Waals surface area contributed by atoms with E-state index in [1.54, 1.807) is 11.8 Å². The average molecular weight is 188 g/mol. The first kappa shape index (κ1) is 10.4. The Morgan fingerprint density at radius 1 is 1.25 bits per heavy atom. The summed E-state index contributed by atoms with van der Waals surface area (Å²) in [6, 6.07) is 0. The Labute approximate surface area is 79.9 Å². The molecule has 1 unspecified atom stereocenters. The van der Waals surface area contributed by atoms with Crippen molar-refractivity contribution in [1.29, 1.82) is 0 Å². The highest BCUT2D eigenvalue weighted by atomic mass is 32.2. The van der Waals surface area contributed by atoms with Crippen LogP contribution < -0.4 is 0 Å². The van der Waals surface area contributed by atoms with E-state index >= 15 is 0 Å². The Kier molecular flexibility index (Phi) is 5.08. The summed E-state index contributed by atoms with van der Waals surface area (Å²) in [5.74, 6) is 1.52. The van der Waals surface area contributed by atoms with Gasteiger partial charge in [0.2, 0.25) is 0 Å². The van der Waals surface area contributed by atoms with E-state index in [4.69, 9.17) is 0 Å². The molecular formula is C10H20OS. The summed E-state index contributed by atoms with van der Waals surface area (Å²) in [6.07, 6.45) is 9.94. The summed E-state index contributed by atoms with van der Waals surface area (Å²) >= 11 is 1.76. The summed E-state index contributed by atoms with van der Waals surface area (Å²) in [5, 5.41) is 9.78. The number of aliphatic hydroxyl groups is 1. The Balaban J connectivity index is 2.27. The number of thioether (sulfide) groups is 1. The first-order valence-corrected chi connectivity index (χ1v) is 6.41. The number of hydrogen-bond donors (Lipinski definition) is 1. The summed E-state index contributed by atoms with van der Waals surface area (Å²) in [7, 11) is 0. The van der Waals surface area contributed by atoms with Crippen molar-refractivity contribution in [3.63, 3.8) is 0 Å². The molecule has 1 atom stereocenters. The molecule has 1 fully saturated rings. The molecule has 1 rings (SSSR count). The number of rotatable bonds is 3. The van der Waals surface area contributed by atoms with Gasteiger partial charge in [0, 0.05) is 5.75 Å². The van der Waals surface area contributed by atoms with Crippen molar-refractivity contribution in [2.45, 2.75) is 44.6 Å². The maximum Gasteiger partial charge on any atom is 0.0658 e. The van der Waals surface area contributed by atoms with Crippen LogP contribution in [-0.4, -0.2) is 23.2 Å². The third-order valence-corrected chi connectivity index (χ3v) is 3.46. The molecule has 12 heavy (non-hydrogen) atoms. The Morgan fingerprint density at radius 3 is 2.33 bits per heavy atom. The van der Waals surface area contributed by atoms with Gasteiger partial charge >= 0.3 is 0 Å². The molecule has 1 aliphatic carbocycles. The fourth-order valence-corrected chi connectivity index (χ4v) is 2.62. The normalized spacial score (nSPS) is 23.5. The number of aliphatic hydroxyl groups excluding tert-OH is 1. The van der Waals surface area contributed by atoms with Crippen LogP contribution in [0.15, 0.2) is 0 Å². The fourth-order valence-electron chi connectivity index (χ4n) is 2.00. The van der Waals surface area contributed by atoms with E-state index in [-0.39, 0.29) is 6.10 Å². The zero-order valence-corrected chi connectivity index (χ0v) is 8.78. The van der Waals surface area contributed by atoms with Crippen molar-refractivity contribution in [2.24, 2.45) is 5.92 Å². The minimum atomic E-state index is -0.0434. The molecule has 0 heterocycles. The Morgan fingerprint density at radius 2 is 1.83 bits per heavy atom. The van der Waals surface area contributed by atoms with E-state index in [2.05, 4.69) is 6.26 Å². The average Bonchev–Trinajstić information content (AvgIpc) is 2.32. The standard InChI is InChI=1S/C10H20OS/c1-12-8-10(11)9-6-4-2-3-5-7-9/h9-11H,2-8H2,1H3. The molecule has 0 aromatic carbocycles. The molecule has 1 nitrogen and oxygen atoms in total. The SMILES string of the molecule is CSCC(O)C1CCCCCC1. The van der Waals surface area contributed by atoms with Crippen molar-refractivity contribution in [1.82, 2.24) is 0 Å². The van der Waals surface area contributed by atoms with Crippen LogP contribution in [-0.2, 0) is 0 Å². The molecule has 0 aromatic rings. The largest absolute Gasteiger partial charge is 0.392 e. The molecule has 2 heteroatoms. The highest BCUT2D eigenvalue weighted by molar-refractivity contribution is 7.98. The van der Waals surface area contributed by atoms with E-state index < -0.39 is 0 Å². The molecule has 0 bridgehead atoms. The number of hydrogen-bond acceptors (Lipinski definition) is 2. The molecule has 0 radical (unpaired) electrons. The third kappa shape index (κ3) is 3.36. The lowest BCUT2D eigenvalue weighted by Crippen LogP contribution is -2.22. The van der Waals surface area contributed by atoms with Gasteiger partial charge in [-0.05, 0) is 25.0 Å². The van der Waals surface area contributed by atoms with Gasteiger partial charge in [0.25, 0.3) is 0 Å². The topological polar surface area (TPSA) is 20.2 Å². The maximum atomic E-state index is 9.78. The molecule has 0 amide bonds. The van der Waals surface area contributed by atoms with Crippen LogP contribution in [0.5, 0.6) is 0 Å². The van der Waals surface area contributed by atoms with Gasteiger partial charge in [0.1, 0.15) is 0 Å². The lowest BCUT2D eigenvalue weighted by Gasteiger charge is -2.19. The predicted molar refractivity (Wildman–Crippen MR) is 55.6 cm³/mol. The Hall–Kier alpha value is 0.310. The molecule has 1 aliphatic rings. The Bertz CT molecular complexity index is 108. The van der Waals surface area contributed by atoms with Crippen LogP contribution in [0, 0.1) is 5.92 Å². The highest BCUT2D eigenvalue weighted by Crippen LogP contribution is 2.26. The maximum absolute atomic E-state index is 9.78. The van der Waals surface area contributed by atoms with E-state index in [0.29, 0.717) is 5.92 Å². The van der Waals surface area contributed by atoms with Crippen molar-refractivity contribution in [3.8, 4) is 0 Å². The van der Waals surface area contributed by atoms with Gasteiger partial charge in [-0.3, -0.25) is 0 Å². The molecule has 1 saturated carbocycles. The minimum Gasteiger partial charge on any atom is -0.392 e. The predicted octanol–water partition coefficient (Wildman–Crippen LogP) is 2.68. The van der Waals surface area contributed by atoms with Crippen molar-refractivity contribution >= 4 is 11.8 Å². The highest BCUT2D eigenvalue weighted by Gasteiger charge is 2.19. The smallest absolute Gasteiger partial charge is 0.0658 e. The van der Waals surface area contributed by atoms with Crippen LogP contribution in [0.25, 0.3) is 0 Å². The van der Waals surface area contributed by atoms with Crippen LogP contribution in [0.4, 0.5) is 0 Å². The van der Waals surface area contributed by atoms with Crippen molar-refractivity contribution < 1.29 is 5.11 Å². The monoisotopic (exact) mass is 188 g/mol. The van der Waals surface area contributed by atoms with E-state index in [0.717, 1.165) is 5.75 Å². The first-order valence-electron chi connectivity index (χ1n) is 5.01. The lowest BCUT2D eigenvalue weighted by molar-refractivity contribution is 0.120. The van der Waals surface area contributed by atoms with Gasteiger partial charge in [-0.25, -0.2) is 0 Å². The zero-order chi connectivity index (χ0) is 8.81. The summed E-state index contributed by atoms with van der Waals surface area (Å²) in [4.78, 5) is 0. The van der Waals surface area contributed by atoms with Gasteiger partial charge < -0.3 is 5.11 Å². The molecular weight excluding hydrogens is 168 g/mol. The van der Waals surface area contributed by atoms with Gasteiger partial charge in [-0.2, -0.15) is 11.8 Å². The summed E-state index contributed by atoms with van der Waals surface area (Å²) < 4.78 is 0. The quantitative estimate of drug-likeness (QED) is 0.687. The summed E-state index contributed by atoms with van der Waals surface area (Å²) in [6.45, 7) is 0. The first-order chi connectivity index (χ1) is 5.84. The van der Waals surface area contributed by atoms with Crippen LogP contribution in [0.3, 0.4) is 0 Å². The zero-order valence-electron chi connectivity index (χ0n) is 7.96. The molecule has 0 saturated heterocycles. The van der Waals surface area contributed by atoms with Gasteiger partial charge in [-0.1, -0.05) is 25.7 Å². The van der Waals surface area contributed by atoms with Crippen LogP contribution in [0.1, 0.15) is 38.5 Å². The van der Waals surface area contributed by atoms with Gasteiger partial charge in [0.05, 0.1) is 6.10 Å². The molecule has 0 aliphatic heterocycles. The van der Waals surface area contributed by atoms with Crippen LogP contribution in [0.2, 0.25) is 0 Å². The molecule has 0 aromatic heterocycles. The second kappa shape index (κ2) is 5.87. The van der Waals surface area contributed by atoms with Gasteiger partial charge in [0.15, 0.2) is 0 Å². The van der Waals surface area contributed by atoms with E-state index in [9.17, 15) is 5.11 Å². The second-order valence-corrected chi connectivity index (χ2v) is 4.69. The second-order valence-electron chi connectivity index (χ2n) is 3.77. The van der Waals surface area contributed by atoms with Crippen molar-refractivity contribution in [3.05, 3.63) is 0 Å².